The first-order valence-corrected chi connectivity index (χ1v) is 4.88. The Kier molecular flexibility index (Phi) is 2.38. The minimum atomic E-state index is -1.10. The largest absolute Gasteiger partial charge is 0.493 e. The van der Waals surface area contributed by atoms with Crippen LogP contribution in [0.15, 0.2) is 18.2 Å². The van der Waals surface area contributed by atoms with Crippen LogP contribution in [0.25, 0.3) is 0 Å². The van der Waals surface area contributed by atoms with Crippen LogP contribution in [0.4, 0.5) is 5.69 Å². The molecule has 0 aromatic heterocycles. The summed E-state index contributed by atoms with van der Waals surface area (Å²) in [6.45, 7) is 1.65. The zero-order valence-corrected chi connectivity index (χ0v) is 9.11. The van der Waals surface area contributed by atoms with Crippen LogP contribution in [0.1, 0.15) is 6.92 Å². The number of anilines is 1. The molecular weight excluding hydrogens is 210 g/mol. The Morgan fingerprint density at radius 3 is 3.00 bits per heavy atom. The van der Waals surface area contributed by atoms with Gasteiger partial charge in [0, 0.05) is 0 Å². The fourth-order valence-corrected chi connectivity index (χ4v) is 1.59. The second-order valence-corrected chi connectivity index (χ2v) is 3.89. The van der Waals surface area contributed by atoms with Crippen molar-refractivity contribution in [1.82, 2.24) is 0 Å². The van der Waals surface area contributed by atoms with Crippen LogP contribution >= 0.6 is 0 Å². The van der Waals surface area contributed by atoms with Crippen molar-refractivity contribution in [1.29, 1.82) is 0 Å². The molecule has 0 spiro atoms. The molecule has 1 aromatic carbocycles. The zero-order chi connectivity index (χ0) is 11.8. The minimum absolute atomic E-state index is 0.0652. The van der Waals surface area contributed by atoms with Crippen LogP contribution in [-0.2, 0) is 4.79 Å². The lowest BCUT2D eigenvalue weighted by Gasteiger charge is -2.33. The average molecular weight is 223 g/mol. The van der Waals surface area contributed by atoms with E-state index < -0.39 is 11.5 Å². The predicted molar refractivity (Wildman–Crippen MR) is 58.2 cm³/mol. The van der Waals surface area contributed by atoms with Gasteiger partial charge in [-0.3, -0.25) is 0 Å². The van der Waals surface area contributed by atoms with Crippen molar-refractivity contribution in [2.75, 3.05) is 19.0 Å². The van der Waals surface area contributed by atoms with E-state index in [-0.39, 0.29) is 6.61 Å². The van der Waals surface area contributed by atoms with Crippen LogP contribution in [0, 0.1) is 0 Å². The quantitative estimate of drug-likeness (QED) is 0.792. The van der Waals surface area contributed by atoms with E-state index in [0.29, 0.717) is 17.2 Å². The van der Waals surface area contributed by atoms with Crippen molar-refractivity contribution in [3.8, 4) is 11.5 Å². The van der Waals surface area contributed by atoms with E-state index in [9.17, 15) is 4.79 Å². The predicted octanol–water partition coefficient (Wildman–Crippen LogP) is 1.34. The SMILES string of the molecule is COc1cccc2c1OCC(C)(C(=O)O)N2. The van der Waals surface area contributed by atoms with Gasteiger partial charge in [0.1, 0.15) is 6.61 Å². The van der Waals surface area contributed by atoms with Crippen molar-refractivity contribution in [3.63, 3.8) is 0 Å². The highest BCUT2D eigenvalue weighted by atomic mass is 16.5. The molecule has 0 radical (unpaired) electrons. The lowest BCUT2D eigenvalue weighted by atomic mass is 10.0. The zero-order valence-electron chi connectivity index (χ0n) is 9.11. The summed E-state index contributed by atoms with van der Waals surface area (Å²) < 4.78 is 10.6. The molecule has 2 N–H and O–H groups in total. The molecule has 5 nitrogen and oxygen atoms in total. The van der Waals surface area contributed by atoms with Crippen molar-refractivity contribution in [3.05, 3.63) is 18.2 Å². The number of hydrogen-bond acceptors (Lipinski definition) is 4. The topological polar surface area (TPSA) is 67.8 Å². The van der Waals surface area contributed by atoms with Gasteiger partial charge in [-0.2, -0.15) is 0 Å². The van der Waals surface area contributed by atoms with Gasteiger partial charge in [-0.05, 0) is 19.1 Å². The number of hydrogen-bond donors (Lipinski definition) is 2. The van der Waals surface area contributed by atoms with Crippen molar-refractivity contribution >= 4 is 11.7 Å². The molecule has 0 saturated heterocycles. The number of carboxylic acid groups (broad SMARTS) is 1. The fourth-order valence-electron chi connectivity index (χ4n) is 1.59. The van der Waals surface area contributed by atoms with E-state index in [0.717, 1.165) is 0 Å². The smallest absolute Gasteiger partial charge is 0.332 e. The summed E-state index contributed by atoms with van der Waals surface area (Å²) in [6.07, 6.45) is 0. The molecule has 1 aliphatic rings. The molecule has 2 rings (SSSR count). The van der Waals surface area contributed by atoms with Crippen molar-refractivity contribution in [2.24, 2.45) is 0 Å². The minimum Gasteiger partial charge on any atom is -0.493 e. The number of fused-ring (bicyclic) bond motifs is 1. The second kappa shape index (κ2) is 3.59. The Bertz CT molecular complexity index is 432. The summed E-state index contributed by atoms with van der Waals surface area (Å²) in [5.41, 5.74) is -0.463. The van der Waals surface area contributed by atoms with Gasteiger partial charge in [0.25, 0.3) is 0 Å². The second-order valence-electron chi connectivity index (χ2n) is 3.89. The van der Waals surface area contributed by atoms with Gasteiger partial charge in [0.15, 0.2) is 17.0 Å². The average Bonchev–Trinajstić information content (AvgIpc) is 2.27. The number of ether oxygens (including phenoxy) is 2. The van der Waals surface area contributed by atoms with Gasteiger partial charge < -0.3 is 19.9 Å². The van der Waals surface area contributed by atoms with Crippen LogP contribution in [0.2, 0.25) is 0 Å². The van der Waals surface area contributed by atoms with E-state index in [1.165, 1.54) is 0 Å². The van der Waals surface area contributed by atoms with Gasteiger partial charge in [-0.25, -0.2) is 4.79 Å². The van der Waals surface area contributed by atoms with E-state index in [4.69, 9.17) is 14.6 Å². The monoisotopic (exact) mass is 223 g/mol. The summed E-state index contributed by atoms with van der Waals surface area (Å²) in [7, 11) is 1.55. The van der Waals surface area contributed by atoms with Gasteiger partial charge in [0.05, 0.1) is 12.8 Å². The lowest BCUT2D eigenvalue weighted by Crippen LogP contribution is -2.50. The number of para-hydroxylation sites is 1. The molecule has 0 fully saturated rings. The van der Waals surface area contributed by atoms with E-state index in [1.54, 1.807) is 32.2 Å². The number of carboxylic acids is 1. The highest BCUT2D eigenvalue weighted by molar-refractivity contribution is 5.85. The van der Waals surface area contributed by atoms with E-state index in [1.807, 2.05) is 0 Å². The van der Waals surface area contributed by atoms with Crippen LogP contribution in [0.3, 0.4) is 0 Å². The van der Waals surface area contributed by atoms with E-state index >= 15 is 0 Å². The normalized spacial score (nSPS) is 22.6. The number of carbonyl (C=O) groups is 1. The van der Waals surface area contributed by atoms with Gasteiger partial charge >= 0.3 is 5.97 Å². The van der Waals surface area contributed by atoms with E-state index in [2.05, 4.69) is 5.32 Å². The Labute approximate surface area is 93.0 Å². The van der Waals surface area contributed by atoms with Crippen molar-refractivity contribution < 1.29 is 19.4 Å². The standard InChI is InChI=1S/C11H13NO4/c1-11(10(13)14)6-16-9-7(12-11)4-3-5-8(9)15-2/h3-5,12H,6H2,1-2H3,(H,13,14). The summed E-state index contributed by atoms with van der Waals surface area (Å²) in [4.78, 5) is 11.1. The van der Waals surface area contributed by atoms with Crippen LogP contribution in [0.5, 0.6) is 11.5 Å². The number of nitrogens with one attached hydrogen (secondary N) is 1. The summed E-state index contributed by atoms with van der Waals surface area (Å²) >= 11 is 0. The van der Waals surface area contributed by atoms with Gasteiger partial charge in [-0.15, -0.1) is 0 Å². The van der Waals surface area contributed by atoms with Gasteiger partial charge in [-0.1, -0.05) is 6.07 Å². The molecule has 1 unspecified atom stereocenters. The molecule has 0 amide bonds. The molecule has 0 bridgehead atoms. The molecule has 1 heterocycles. The Balaban J connectivity index is 2.39. The molecule has 1 atom stereocenters. The Morgan fingerprint density at radius 2 is 2.38 bits per heavy atom. The maximum absolute atomic E-state index is 11.1. The number of methoxy groups -OCH3 is 1. The fraction of sp³-hybridized carbons (Fsp3) is 0.364. The number of benzene rings is 1. The summed E-state index contributed by atoms with van der Waals surface area (Å²) in [6, 6.07) is 5.31. The lowest BCUT2D eigenvalue weighted by molar-refractivity contribution is -0.143. The molecular formula is C11H13NO4. The first-order valence-electron chi connectivity index (χ1n) is 4.88. The Hall–Kier alpha value is -1.91. The highest BCUT2D eigenvalue weighted by Gasteiger charge is 2.38. The highest BCUT2D eigenvalue weighted by Crippen LogP contribution is 2.39. The molecule has 0 aliphatic carbocycles. The molecule has 1 aliphatic heterocycles. The molecule has 16 heavy (non-hydrogen) atoms. The molecule has 5 heteroatoms. The number of rotatable bonds is 2. The maximum atomic E-state index is 11.1. The van der Waals surface area contributed by atoms with Crippen molar-refractivity contribution in [2.45, 2.75) is 12.5 Å². The van der Waals surface area contributed by atoms with Gasteiger partial charge in [0.2, 0.25) is 0 Å². The van der Waals surface area contributed by atoms with Crippen LogP contribution < -0.4 is 14.8 Å². The molecule has 86 valence electrons. The third-order valence-electron chi connectivity index (χ3n) is 2.59. The molecule has 1 aromatic rings. The molecule has 0 saturated carbocycles. The first kappa shape index (κ1) is 10.6. The third-order valence-corrected chi connectivity index (χ3v) is 2.59. The summed E-state index contributed by atoms with van der Waals surface area (Å²) in [5, 5.41) is 12.0. The Morgan fingerprint density at radius 1 is 1.62 bits per heavy atom. The summed E-state index contributed by atoms with van der Waals surface area (Å²) in [5.74, 6) is 0.210. The number of aliphatic carboxylic acids is 1. The van der Waals surface area contributed by atoms with Crippen LogP contribution in [-0.4, -0.2) is 30.3 Å². The maximum Gasteiger partial charge on any atom is 0.332 e. The first-order chi connectivity index (χ1) is 7.57. The third kappa shape index (κ3) is 1.54.